The van der Waals surface area contributed by atoms with E-state index in [9.17, 15) is 4.79 Å². The highest BCUT2D eigenvalue weighted by atomic mass is 35.5. The van der Waals surface area contributed by atoms with Crippen LogP contribution in [0, 0.1) is 17.2 Å². The van der Waals surface area contributed by atoms with Crippen LogP contribution < -0.4 is 4.74 Å². The topological polar surface area (TPSA) is 50.1 Å². The molecule has 1 aromatic carbocycles. The van der Waals surface area contributed by atoms with E-state index in [0.29, 0.717) is 16.3 Å². The van der Waals surface area contributed by atoms with Gasteiger partial charge in [-0.3, -0.25) is 4.79 Å². The second kappa shape index (κ2) is 4.54. The number of rotatable bonds is 4. The summed E-state index contributed by atoms with van der Waals surface area (Å²) in [4.78, 5) is 11.4. The van der Waals surface area contributed by atoms with Crippen molar-refractivity contribution in [2.24, 2.45) is 5.92 Å². The Morgan fingerprint density at radius 3 is 2.94 bits per heavy atom. The third kappa shape index (κ3) is 2.53. The van der Waals surface area contributed by atoms with Crippen molar-refractivity contribution in [3.8, 4) is 11.8 Å². The first kappa shape index (κ1) is 11.0. The molecule has 0 bridgehead atoms. The molecule has 0 spiro atoms. The summed E-state index contributed by atoms with van der Waals surface area (Å²) < 4.78 is 5.32. The average molecular weight is 236 g/mol. The van der Waals surface area contributed by atoms with Gasteiger partial charge in [-0.15, -0.1) is 0 Å². The van der Waals surface area contributed by atoms with Gasteiger partial charge in [-0.25, -0.2) is 0 Å². The molecule has 1 fully saturated rings. The fourth-order valence-electron chi connectivity index (χ4n) is 1.38. The molecule has 0 unspecified atom stereocenters. The Morgan fingerprint density at radius 1 is 1.56 bits per heavy atom. The molecule has 2 rings (SSSR count). The predicted molar refractivity (Wildman–Crippen MR) is 59.4 cm³/mol. The molecule has 82 valence electrons. The van der Waals surface area contributed by atoms with Crippen LogP contribution >= 0.6 is 11.6 Å². The van der Waals surface area contributed by atoms with Gasteiger partial charge in [0, 0.05) is 17.0 Å². The summed E-state index contributed by atoms with van der Waals surface area (Å²) in [5.74, 6) is 0.651. The van der Waals surface area contributed by atoms with Crippen LogP contribution in [0.15, 0.2) is 18.2 Å². The largest absolute Gasteiger partial charge is 0.484 e. The quantitative estimate of drug-likeness (QED) is 0.806. The molecule has 0 aromatic heterocycles. The van der Waals surface area contributed by atoms with Crippen molar-refractivity contribution in [2.45, 2.75) is 12.8 Å². The van der Waals surface area contributed by atoms with Crippen LogP contribution in [0.2, 0.25) is 5.02 Å². The summed E-state index contributed by atoms with van der Waals surface area (Å²) in [6.45, 7) is 0.0275. The van der Waals surface area contributed by atoms with E-state index in [0.717, 1.165) is 12.8 Å². The first-order valence-electron chi connectivity index (χ1n) is 5.06. The number of carbonyl (C=O) groups excluding carboxylic acids is 1. The molecule has 3 nitrogen and oxygen atoms in total. The van der Waals surface area contributed by atoms with Crippen molar-refractivity contribution in [1.82, 2.24) is 0 Å². The van der Waals surface area contributed by atoms with Gasteiger partial charge < -0.3 is 4.74 Å². The Morgan fingerprint density at radius 2 is 2.31 bits per heavy atom. The van der Waals surface area contributed by atoms with Crippen molar-refractivity contribution < 1.29 is 9.53 Å². The van der Waals surface area contributed by atoms with Crippen molar-refractivity contribution in [2.75, 3.05) is 6.61 Å². The monoisotopic (exact) mass is 235 g/mol. The van der Waals surface area contributed by atoms with Crippen molar-refractivity contribution in [1.29, 1.82) is 5.26 Å². The highest BCUT2D eigenvalue weighted by Gasteiger charge is 2.29. The number of Topliss-reactive ketones (excluding diaryl/α,β-unsaturated/α-hetero) is 1. The lowest BCUT2D eigenvalue weighted by atomic mass is 10.2. The fraction of sp³-hybridized carbons (Fsp3) is 0.333. The molecule has 4 heteroatoms. The normalized spacial score (nSPS) is 14.2. The molecule has 1 aromatic rings. The average Bonchev–Trinajstić information content (AvgIpc) is 3.10. The van der Waals surface area contributed by atoms with Gasteiger partial charge in [0.25, 0.3) is 0 Å². The number of carbonyl (C=O) groups is 1. The molecule has 0 saturated heterocycles. The van der Waals surface area contributed by atoms with Crippen LogP contribution in [0.4, 0.5) is 0 Å². The number of nitrogens with zero attached hydrogens (tertiary/aromatic N) is 1. The maximum absolute atomic E-state index is 11.4. The zero-order chi connectivity index (χ0) is 11.5. The minimum absolute atomic E-state index is 0.0275. The molecule has 1 aliphatic carbocycles. The molecule has 16 heavy (non-hydrogen) atoms. The predicted octanol–water partition coefficient (Wildman–Crippen LogP) is 2.57. The number of benzene rings is 1. The number of hydrogen-bond donors (Lipinski definition) is 0. The standard InChI is InChI=1S/C12H10ClNO2/c13-10-4-3-9(6-14)12(5-10)16-7-11(15)8-1-2-8/h3-5,8H,1-2,7H2. The van der Waals surface area contributed by atoms with Gasteiger partial charge in [0.05, 0.1) is 5.56 Å². The third-order valence-corrected chi connectivity index (χ3v) is 2.70. The van der Waals surface area contributed by atoms with Crippen molar-refractivity contribution in [3.63, 3.8) is 0 Å². The van der Waals surface area contributed by atoms with Gasteiger partial charge in [-0.2, -0.15) is 5.26 Å². The number of hydrogen-bond acceptors (Lipinski definition) is 3. The lowest BCUT2D eigenvalue weighted by Crippen LogP contribution is -2.13. The highest BCUT2D eigenvalue weighted by Crippen LogP contribution is 2.30. The van der Waals surface area contributed by atoms with E-state index in [1.807, 2.05) is 6.07 Å². The van der Waals surface area contributed by atoms with E-state index in [-0.39, 0.29) is 18.3 Å². The summed E-state index contributed by atoms with van der Waals surface area (Å²) in [5.41, 5.74) is 0.396. The Hall–Kier alpha value is -1.53. The van der Waals surface area contributed by atoms with E-state index in [4.69, 9.17) is 21.6 Å². The highest BCUT2D eigenvalue weighted by molar-refractivity contribution is 6.30. The van der Waals surface area contributed by atoms with Crippen LogP contribution in [-0.4, -0.2) is 12.4 Å². The lowest BCUT2D eigenvalue weighted by Gasteiger charge is -2.06. The Labute approximate surface area is 98.6 Å². The zero-order valence-corrected chi connectivity index (χ0v) is 9.33. The van der Waals surface area contributed by atoms with Crippen LogP contribution in [0.25, 0.3) is 0 Å². The Balaban J connectivity index is 2.05. The molecule has 0 amide bonds. The minimum Gasteiger partial charge on any atom is -0.484 e. The van der Waals surface area contributed by atoms with Gasteiger partial charge in [-0.05, 0) is 25.0 Å². The first-order valence-corrected chi connectivity index (χ1v) is 5.43. The zero-order valence-electron chi connectivity index (χ0n) is 8.57. The summed E-state index contributed by atoms with van der Waals surface area (Å²) >= 11 is 5.79. The van der Waals surface area contributed by atoms with Crippen molar-refractivity contribution >= 4 is 17.4 Å². The Kier molecular flexibility index (Phi) is 3.12. The molecule has 0 aliphatic heterocycles. The number of nitriles is 1. The molecule has 0 radical (unpaired) electrons. The van der Waals surface area contributed by atoms with E-state index in [2.05, 4.69) is 0 Å². The number of halogens is 1. The maximum atomic E-state index is 11.4. The van der Waals surface area contributed by atoms with E-state index in [1.54, 1.807) is 18.2 Å². The summed E-state index contributed by atoms with van der Waals surface area (Å²) in [6, 6.07) is 6.76. The van der Waals surface area contributed by atoms with Gasteiger partial charge in [0.15, 0.2) is 5.78 Å². The van der Waals surface area contributed by atoms with Crippen LogP contribution in [0.1, 0.15) is 18.4 Å². The second-order valence-corrected chi connectivity index (χ2v) is 4.22. The summed E-state index contributed by atoms with van der Waals surface area (Å²) in [5, 5.41) is 9.33. The van der Waals surface area contributed by atoms with Gasteiger partial charge in [-0.1, -0.05) is 11.6 Å². The SMILES string of the molecule is N#Cc1ccc(Cl)cc1OCC(=O)C1CC1. The van der Waals surface area contributed by atoms with Gasteiger partial charge in [0.2, 0.25) is 0 Å². The van der Waals surface area contributed by atoms with E-state index in [1.165, 1.54) is 0 Å². The van der Waals surface area contributed by atoms with Crippen LogP contribution in [0.3, 0.4) is 0 Å². The third-order valence-electron chi connectivity index (χ3n) is 2.47. The second-order valence-electron chi connectivity index (χ2n) is 3.78. The number of ketones is 1. The molecule has 0 atom stereocenters. The fourth-order valence-corrected chi connectivity index (χ4v) is 1.54. The first-order chi connectivity index (χ1) is 7.70. The Bertz CT molecular complexity index is 461. The molecule has 1 aliphatic rings. The molecule has 0 N–H and O–H groups in total. The van der Waals surface area contributed by atoms with Crippen LogP contribution in [-0.2, 0) is 4.79 Å². The van der Waals surface area contributed by atoms with E-state index >= 15 is 0 Å². The van der Waals surface area contributed by atoms with Gasteiger partial charge >= 0.3 is 0 Å². The number of ether oxygens (including phenoxy) is 1. The molecular weight excluding hydrogens is 226 g/mol. The maximum Gasteiger partial charge on any atom is 0.173 e. The lowest BCUT2D eigenvalue weighted by molar-refractivity contribution is -0.122. The summed E-state index contributed by atoms with van der Waals surface area (Å²) in [7, 11) is 0. The molecule has 0 heterocycles. The molecular formula is C12H10ClNO2. The van der Waals surface area contributed by atoms with Crippen molar-refractivity contribution in [3.05, 3.63) is 28.8 Å². The minimum atomic E-state index is 0.0275. The van der Waals surface area contributed by atoms with Crippen LogP contribution in [0.5, 0.6) is 5.75 Å². The summed E-state index contributed by atoms with van der Waals surface area (Å²) in [6.07, 6.45) is 1.92. The molecule has 1 saturated carbocycles. The smallest absolute Gasteiger partial charge is 0.173 e. The van der Waals surface area contributed by atoms with Gasteiger partial charge in [0.1, 0.15) is 18.4 Å². The van der Waals surface area contributed by atoms with E-state index < -0.39 is 0 Å².